The predicted octanol–water partition coefficient (Wildman–Crippen LogP) is 5.94. The monoisotopic (exact) mass is 873 g/mol. The Morgan fingerprint density at radius 1 is 0.790 bits per heavy atom. The Labute approximate surface area is 365 Å². The van der Waals surface area contributed by atoms with E-state index < -0.39 is 72.6 Å². The summed E-state index contributed by atoms with van der Waals surface area (Å²) in [5.41, 5.74) is -2.64. The van der Waals surface area contributed by atoms with Gasteiger partial charge in [0.25, 0.3) is 0 Å². The molecule has 0 heterocycles. The van der Waals surface area contributed by atoms with Gasteiger partial charge in [0.1, 0.15) is 24.2 Å². The second-order valence-corrected chi connectivity index (χ2v) is 15.2. The summed E-state index contributed by atoms with van der Waals surface area (Å²) in [4.78, 5) is 92.2. The number of aliphatic hydroxyl groups is 1. The topological polar surface area (TPSA) is 225 Å². The van der Waals surface area contributed by atoms with Gasteiger partial charge in [-0.25, -0.2) is 19.2 Å². The number of amides is 3. The second-order valence-electron chi connectivity index (χ2n) is 15.2. The zero-order chi connectivity index (χ0) is 46.7. The molecule has 346 valence electrons. The summed E-state index contributed by atoms with van der Waals surface area (Å²) >= 11 is 0. The number of hydrogen-bond donors (Lipinski definition) is 3. The molecule has 0 saturated carbocycles. The number of esters is 2. The van der Waals surface area contributed by atoms with Gasteiger partial charge in [0, 0.05) is 61.3 Å². The number of benzene rings is 1. The lowest BCUT2D eigenvalue weighted by atomic mass is 9.82. The van der Waals surface area contributed by atoms with Crippen LogP contribution < -0.4 is 10.1 Å². The van der Waals surface area contributed by atoms with Crippen molar-refractivity contribution in [2.24, 2.45) is 5.92 Å². The molecular weight excluding hydrogens is 807 g/mol. The molecular formula is C45H67N3O14. The third-order valence-corrected chi connectivity index (χ3v) is 9.34. The normalized spacial score (nSPS) is 13.8. The Hall–Kier alpha value is -5.63. The van der Waals surface area contributed by atoms with E-state index in [0.29, 0.717) is 37.0 Å². The average molecular weight is 874 g/mol. The number of nitrogens with zero attached hydrogens (tertiary/aromatic N) is 2. The molecule has 2 unspecified atom stereocenters. The van der Waals surface area contributed by atoms with Crippen LogP contribution in [0.2, 0.25) is 0 Å². The summed E-state index contributed by atoms with van der Waals surface area (Å²) < 4.78 is 26.1. The minimum absolute atomic E-state index is 0.139. The first-order valence-electron chi connectivity index (χ1n) is 21.1. The van der Waals surface area contributed by atoms with Crippen molar-refractivity contribution in [3.63, 3.8) is 0 Å². The average Bonchev–Trinajstić information content (AvgIpc) is 3.20. The van der Waals surface area contributed by atoms with Gasteiger partial charge in [-0.2, -0.15) is 0 Å². The maximum Gasteiger partial charge on any atom is 0.412 e. The Balaban J connectivity index is 3.37. The maximum atomic E-state index is 14.2. The van der Waals surface area contributed by atoms with E-state index in [2.05, 4.69) is 24.1 Å². The number of ketones is 1. The Bertz CT molecular complexity index is 1680. The Morgan fingerprint density at radius 3 is 1.87 bits per heavy atom. The molecule has 1 aromatic carbocycles. The van der Waals surface area contributed by atoms with E-state index in [1.165, 1.54) is 54.5 Å². The zero-order valence-electron chi connectivity index (χ0n) is 37.6. The van der Waals surface area contributed by atoms with E-state index in [1.54, 1.807) is 31.2 Å². The molecule has 3 N–H and O–H groups in total. The standard InChI is InChI=1S/C45H67N3O14/c1-9-11-13-16-19-22-35(49)23-20-17-14-15-18-21-24-37(45(57,42(53)54)31-39(50)59-32(3)61-43(55)47(5)6)40(51)46-38(41(52)60-33(4)62-44(56)48(7)8)30-34-25-27-36(28-26-34)58-29-12-10-2/h21,24-28,32-33,37-38,57H,9,11,13-20,22-23,29-31H2,1-8H3,(H,46,51)(H,53,54)/b24-21+/t32?,33?,37-,38+,45+/m1/s1. The molecule has 0 saturated heterocycles. The lowest BCUT2D eigenvalue weighted by Gasteiger charge is -2.31. The van der Waals surface area contributed by atoms with Crippen LogP contribution in [-0.2, 0) is 49.3 Å². The van der Waals surface area contributed by atoms with Crippen LogP contribution in [0.4, 0.5) is 9.59 Å². The first kappa shape index (κ1) is 54.4. The lowest BCUT2D eigenvalue weighted by Crippen LogP contribution is -2.56. The van der Waals surface area contributed by atoms with Gasteiger partial charge in [-0.05, 0) is 50.3 Å². The van der Waals surface area contributed by atoms with Crippen molar-refractivity contribution in [3.05, 3.63) is 42.0 Å². The smallest absolute Gasteiger partial charge is 0.412 e. The van der Waals surface area contributed by atoms with Gasteiger partial charge in [0.15, 0.2) is 5.60 Å². The molecule has 0 aliphatic carbocycles. The largest absolute Gasteiger partial charge is 0.481 e. The molecule has 17 nitrogen and oxygen atoms in total. The molecule has 0 radical (unpaired) electrons. The minimum atomic E-state index is -3.14. The van der Waals surface area contributed by atoms with Crippen LogP contribution in [0, 0.1) is 17.8 Å². The summed E-state index contributed by atoms with van der Waals surface area (Å²) in [5.74, 6) is -1.29. The minimum Gasteiger partial charge on any atom is -0.481 e. The fourth-order valence-electron chi connectivity index (χ4n) is 5.84. The van der Waals surface area contributed by atoms with Crippen molar-refractivity contribution in [3.8, 4) is 17.6 Å². The fourth-order valence-corrected chi connectivity index (χ4v) is 5.84. The number of carbonyl (C=O) groups excluding carboxylic acids is 6. The van der Waals surface area contributed by atoms with E-state index in [-0.39, 0.29) is 18.8 Å². The number of ether oxygens (including phenoxy) is 5. The predicted molar refractivity (Wildman–Crippen MR) is 228 cm³/mol. The number of carboxylic acid groups (broad SMARTS) is 1. The molecule has 0 spiro atoms. The van der Waals surface area contributed by atoms with E-state index in [0.717, 1.165) is 60.8 Å². The maximum absolute atomic E-state index is 14.2. The van der Waals surface area contributed by atoms with Crippen LogP contribution in [0.15, 0.2) is 36.4 Å². The third kappa shape index (κ3) is 21.8. The van der Waals surface area contributed by atoms with Crippen molar-refractivity contribution in [2.45, 2.75) is 142 Å². The quantitative estimate of drug-likeness (QED) is 0.0279. The van der Waals surface area contributed by atoms with Gasteiger partial charge in [-0.3, -0.25) is 14.4 Å². The fraction of sp³-hybridized carbons (Fsp3) is 0.622. The summed E-state index contributed by atoms with van der Waals surface area (Å²) in [6.45, 7) is 6.44. The summed E-state index contributed by atoms with van der Waals surface area (Å²) in [5, 5.41) is 24.5. The van der Waals surface area contributed by atoms with Crippen LogP contribution in [0.5, 0.6) is 5.75 Å². The van der Waals surface area contributed by atoms with Gasteiger partial charge >= 0.3 is 30.1 Å². The number of Topliss-reactive ketones (excluding diaryl/α,β-unsaturated/α-hetero) is 1. The molecule has 0 aliphatic rings. The highest BCUT2D eigenvalue weighted by Gasteiger charge is 2.50. The van der Waals surface area contributed by atoms with Gasteiger partial charge in [0.05, 0.1) is 12.3 Å². The number of hydrogen-bond acceptors (Lipinski definition) is 13. The van der Waals surface area contributed by atoms with Crippen LogP contribution in [-0.4, -0.2) is 121 Å². The van der Waals surface area contributed by atoms with Crippen molar-refractivity contribution in [2.75, 3.05) is 34.8 Å². The summed E-state index contributed by atoms with van der Waals surface area (Å²) in [6, 6.07) is 4.93. The van der Waals surface area contributed by atoms with Gasteiger partial charge < -0.3 is 49.0 Å². The van der Waals surface area contributed by atoms with Crippen molar-refractivity contribution in [1.29, 1.82) is 0 Å². The summed E-state index contributed by atoms with van der Waals surface area (Å²) in [6.07, 6.45) is 6.18. The van der Waals surface area contributed by atoms with Crippen molar-refractivity contribution >= 4 is 41.8 Å². The summed E-state index contributed by atoms with van der Waals surface area (Å²) in [7, 11) is 5.63. The van der Waals surface area contributed by atoms with Crippen LogP contribution >= 0.6 is 0 Å². The molecule has 5 atom stereocenters. The molecule has 62 heavy (non-hydrogen) atoms. The van der Waals surface area contributed by atoms with Crippen LogP contribution in [0.3, 0.4) is 0 Å². The number of carboxylic acids is 1. The molecule has 1 rings (SSSR count). The highest BCUT2D eigenvalue weighted by atomic mass is 16.7. The van der Waals surface area contributed by atoms with Crippen LogP contribution in [0.1, 0.15) is 117 Å². The first-order valence-corrected chi connectivity index (χ1v) is 21.1. The number of carbonyl (C=O) groups is 7. The lowest BCUT2D eigenvalue weighted by molar-refractivity contribution is -0.183. The molecule has 0 fully saturated rings. The van der Waals surface area contributed by atoms with Gasteiger partial charge in [0.2, 0.25) is 18.5 Å². The number of rotatable bonds is 29. The number of unbranched alkanes of at least 4 members (excludes halogenated alkanes) is 8. The molecule has 0 aliphatic heterocycles. The molecule has 0 bridgehead atoms. The third-order valence-electron chi connectivity index (χ3n) is 9.34. The molecule has 3 amide bonds. The SMILES string of the molecule is CC#CCOc1ccc(C[C@H](NC(=O)[C@@H](/C=C/CCCCCCC(=O)CCCCCCC)[C@@](O)(CC(=O)OC(C)OC(=O)N(C)C)C(=O)O)C(=O)OC(C)OC(=O)N(C)C)cc1. The van der Waals surface area contributed by atoms with E-state index in [9.17, 15) is 43.8 Å². The Kier molecular flexibility index (Phi) is 26.0. The molecule has 1 aromatic rings. The van der Waals surface area contributed by atoms with Crippen LogP contribution in [0.25, 0.3) is 0 Å². The molecule has 0 aromatic heterocycles. The van der Waals surface area contributed by atoms with Gasteiger partial charge in [-0.1, -0.05) is 75.7 Å². The number of nitrogens with one attached hydrogen (secondary N) is 1. The number of aliphatic carboxylic acids is 1. The highest BCUT2D eigenvalue weighted by Crippen LogP contribution is 2.27. The second kappa shape index (κ2) is 29.6. The highest BCUT2D eigenvalue weighted by molar-refractivity contribution is 5.95. The van der Waals surface area contributed by atoms with Crippen molar-refractivity contribution < 1.29 is 67.5 Å². The molecule has 17 heteroatoms. The Morgan fingerprint density at radius 2 is 1.34 bits per heavy atom. The van der Waals surface area contributed by atoms with E-state index >= 15 is 0 Å². The van der Waals surface area contributed by atoms with E-state index in [1.807, 2.05) is 0 Å². The van der Waals surface area contributed by atoms with E-state index in [4.69, 9.17) is 23.7 Å². The first-order chi connectivity index (χ1) is 29.3. The zero-order valence-corrected chi connectivity index (χ0v) is 37.6. The van der Waals surface area contributed by atoms with Crippen molar-refractivity contribution in [1.82, 2.24) is 15.1 Å². The number of allylic oxidation sites excluding steroid dienone is 1. The van der Waals surface area contributed by atoms with Gasteiger partial charge in [-0.15, -0.1) is 5.92 Å².